The number of imidazole rings is 1. The average molecular weight is 454 g/mol. The van der Waals surface area contributed by atoms with Crippen LogP contribution in [0.15, 0.2) is 30.6 Å². The van der Waals surface area contributed by atoms with Crippen LogP contribution >= 0.6 is 0 Å². The van der Waals surface area contributed by atoms with Crippen LogP contribution in [0, 0.1) is 5.92 Å². The summed E-state index contributed by atoms with van der Waals surface area (Å²) in [5, 5.41) is 2.67. The summed E-state index contributed by atoms with van der Waals surface area (Å²) in [7, 11) is 1.23. The minimum atomic E-state index is -4.90. The van der Waals surface area contributed by atoms with Crippen LogP contribution in [0.5, 0.6) is 5.75 Å². The van der Waals surface area contributed by atoms with Crippen molar-refractivity contribution in [1.82, 2.24) is 20.2 Å². The number of nitrogens with zero attached hydrogens (tertiary/aromatic N) is 2. The molecule has 2 heterocycles. The third-order valence-electron chi connectivity index (χ3n) is 5.12. The molecule has 2 aromatic rings. The largest absolute Gasteiger partial charge is 0.573 e. The maximum absolute atomic E-state index is 13.2. The first-order valence-electron chi connectivity index (χ1n) is 10.1. The van der Waals surface area contributed by atoms with Crippen molar-refractivity contribution in [2.75, 3.05) is 13.7 Å². The van der Waals surface area contributed by atoms with Crippen LogP contribution in [0.3, 0.4) is 0 Å². The van der Waals surface area contributed by atoms with Crippen LogP contribution < -0.4 is 10.1 Å². The van der Waals surface area contributed by atoms with Crippen LogP contribution in [-0.4, -0.2) is 52.9 Å². The number of rotatable bonds is 6. The topological polar surface area (TPSA) is 96.6 Å². The predicted molar refractivity (Wildman–Crippen MR) is 108 cm³/mol. The van der Waals surface area contributed by atoms with Crippen LogP contribution in [0.1, 0.15) is 43.3 Å². The van der Waals surface area contributed by atoms with Crippen LogP contribution in [0.4, 0.5) is 18.0 Å². The molecule has 3 rings (SSSR count). The van der Waals surface area contributed by atoms with Gasteiger partial charge in [0.05, 0.1) is 19.1 Å². The van der Waals surface area contributed by atoms with E-state index >= 15 is 0 Å². The monoisotopic (exact) mass is 454 g/mol. The molecule has 2 atom stereocenters. The van der Waals surface area contributed by atoms with Crippen LogP contribution in [0.25, 0.3) is 0 Å². The Labute approximate surface area is 183 Å². The molecule has 0 fully saturated rings. The van der Waals surface area contributed by atoms with E-state index in [2.05, 4.69) is 20.0 Å². The molecule has 8 nitrogen and oxygen atoms in total. The van der Waals surface area contributed by atoms with E-state index in [1.165, 1.54) is 36.5 Å². The molecule has 1 aromatic heterocycles. The second-order valence-corrected chi connectivity index (χ2v) is 7.85. The highest BCUT2D eigenvalue weighted by Crippen LogP contribution is 2.39. The van der Waals surface area contributed by atoms with Gasteiger partial charge in [-0.15, -0.1) is 13.2 Å². The number of halogens is 3. The number of methoxy groups -OCH3 is 1. The highest BCUT2D eigenvalue weighted by Gasteiger charge is 2.39. The number of nitrogens with one attached hydrogen (secondary N) is 2. The van der Waals surface area contributed by atoms with Gasteiger partial charge in [-0.1, -0.05) is 32.0 Å². The van der Waals surface area contributed by atoms with E-state index in [-0.39, 0.29) is 18.0 Å². The fourth-order valence-electron chi connectivity index (χ4n) is 3.79. The summed E-state index contributed by atoms with van der Waals surface area (Å²) in [6, 6.07) is 3.18. The Hall–Kier alpha value is -3.24. The second kappa shape index (κ2) is 9.49. The zero-order valence-electron chi connectivity index (χ0n) is 17.9. The summed E-state index contributed by atoms with van der Waals surface area (Å²) < 4.78 is 48.1. The number of alkyl halides is 3. The lowest BCUT2D eigenvalue weighted by molar-refractivity contribution is -0.275. The molecule has 0 radical (unpaired) electrons. The molecule has 1 aliphatic rings. The first-order chi connectivity index (χ1) is 15.1. The number of amides is 2. The van der Waals surface area contributed by atoms with E-state index in [9.17, 15) is 22.8 Å². The first kappa shape index (κ1) is 23.4. The number of para-hydroxylation sites is 1. The van der Waals surface area contributed by atoms with E-state index in [4.69, 9.17) is 4.74 Å². The number of fused-ring (bicyclic) bond motifs is 1. The van der Waals surface area contributed by atoms with Gasteiger partial charge in [0.15, 0.2) is 0 Å². The SMILES string of the molecule is COC(=O)[C@@H](CC(C)C)NC(=O)N1CCc2[nH]cnc2[C@H]1c1ccccc1OC(F)(F)F. The van der Waals surface area contributed by atoms with Gasteiger partial charge in [-0.05, 0) is 18.4 Å². The molecule has 0 aliphatic carbocycles. The third kappa shape index (κ3) is 5.32. The van der Waals surface area contributed by atoms with Crippen molar-refractivity contribution in [1.29, 1.82) is 0 Å². The molecular formula is C21H25F3N4O4. The molecule has 32 heavy (non-hydrogen) atoms. The maximum atomic E-state index is 13.2. The van der Waals surface area contributed by atoms with Gasteiger partial charge in [-0.3, -0.25) is 0 Å². The van der Waals surface area contributed by atoms with E-state index in [0.29, 0.717) is 24.2 Å². The fraction of sp³-hybridized carbons (Fsp3) is 0.476. The normalized spacial score (nSPS) is 17.0. The Kier molecular flexibility index (Phi) is 6.95. The molecule has 0 spiro atoms. The molecule has 0 unspecified atom stereocenters. The van der Waals surface area contributed by atoms with Crippen molar-refractivity contribution in [3.05, 3.63) is 47.5 Å². The Balaban J connectivity index is 1.98. The second-order valence-electron chi connectivity index (χ2n) is 7.85. The van der Waals surface area contributed by atoms with Gasteiger partial charge in [-0.2, -0.15) is 0 Å². The smallest absolute Gasteiger partial charge is 0.467 e. The lowest BCUT2D eigenvalue weighted by Crippen LogP contribution is -2.51. The highest BCUT2D eigenvalue weighted by atomic mass is 19.4. The Bertz CT molecular complexity index is 961. The number of benzene rings is 1. The molecule has 2 amide bonds. The van der Waals surface area contributed by atoms with Gasteiger partial charge in [0.25, 0.3) is 0 Å². The summed E-state index contributed by atoms with van der Waals surface area (Å²) >= 11 is 0. The Morgan fingerprint density at radius 1 is 1.31 bits per heavy atom. The van der Waals surface area contributed by atoms with Crippen molar-refractivity contribution in [2.45, 2.75) is 45.1 Å². The van der Waals surface area contributed by atoms with Gasteiger partial charge >= 0.3 is 18.4 Å². The number of H-pyrrole nitrogens is 1. The lowest BCUT2D eigenvalue weighted by Gasteiger charge is -2.36. The Morgan fingerprint density at radius 2 is 2.03 bits per heavy atom. The van der Waals surface area contributed by atoms with E-state index in [0.717, 1.165) is 0 Å². The number of hydrogen-bond donors (Lipinski definition) is 2. The van der Waals surface area contributed by atoms with Crippen LogP contribution in [0.2, 0.25) is 0 Å². The van der Waals surface area contributed by atoms with Gasteiger partial charge in [0, 0.05) is 24.2 Å². The van der Waals surface area contributed by atoms with Gasteiger partial charge in [0.2, 0.25) is 0 Å². The fourth-order valence-corrected chi connectivity index (χ4v) is 3.79. The van der Waals surface area contributed by atoms with E-state index in [1.807, 2.05) is 13.8 Å². The molecule has 2 N–H and O–H groups in total. The zero-order chi connectivity index (χ0) is 23.5. The molecule has 0 saturated carbocycles. The molecule has 0 bridgehead atoms. The summed E-state index contributed by atoms with van der Waals surface area (Å²) in [5.74, 6) is -0.928. The molecule has 174 valence electrons. The Morgan fingerprint density at radius 3 is 2.69 bits per heavy atom. The maximum Gasteiger partial charge on any atom is 0.573 e. The minimum Gasteiger partial charge on any atom is -0.467 e. The first-order valence-corrected chi connectivity index (χ1v) is 10.1. The van der Waals surface area contributed by atoms with E-state index < -0.39 is 36.2 Å². The molecule has 1 aliphatic heterocycles. The van der Waals surface area contributed by atoms with Crippen molar-refractivity contribution < 1.29 is 32.2 Å². The van der Waals surface area contributed by atoms with Gasteiger partial charge < -0.3 is 24.7 Å². The molecular weight excluding hydrogens is 429 g/mol. The highest BCUT2D eigenvalue weighted by molar-refractivity contribution is 5.84. The van der Waals surface area contributed by atoms with Crippen molar-refractivity contribution in [2.24, 2.45) is 5.92 Å². The molecule has 1 aromatic carbocycles. The van der Waals surface area contributed by atoms with Crippen molar-refractivity contribution >= 4 is 12.0 Å². The van der Waals surface area contributed by atoms with Crippen molar-refractivity contribution in [3.8, 4) is 5.75 Å². The number of aromatic nitrogens is 2. The predicted octanol–water partition coefficient (Wildman–Crippen LogP) is 3.55. The summed E-state index contributed by atoms with van der Waals surface area (Å²) in [5.41, 5.74) is 1.27. The summed E-state index contributed by atoms with van der Waals surface area (Å²) in [6.07, 6.45) is -2.70. The number of ether oxygens (including phenoxy) is 2. The quantitative estimate of drug-likeness (QED) is 0.651. The van der Waals surface area contributed by atoms with Crippen LogP contribution in [-0.2, 0) is 16.0 Å². The van der Waals surface area contributed by atoms with Crippen molar-refractivity contribution in [3.63, 3.8) is 0 Å². The standard InChI is InChI=1S/C21H25F3N4O4/c1-12(2)10-15(19(29)31-3)27-20(30)28-9-8-14-17(26-11-25-14)18(28)13-6-4-5-7-16(13)32-21(22,23)24/h4-7,11-12,15,18H,8-10H2,1-3H3,(H,25,26)(H,27,30)/t15-,18-/m1/s1. The number of aromatic amines is 1. The third-order valence-corrected chi connectivity index (χ3v) is 5.12. The zero-order valence-corrected chi connectivity index (χ0v) is 17.9. The minimum absolute atomic E-state index is 0.0930. The number of esters is 1. The number of urea groups is 1. The molecule has 0 saturated heterocycles. The number of carbonyl (C=O) groups is 2. The summed E-state index contributed by atoms with van der Waals surface area (Å²) in [4.78, 5) is 34.0. The van der Waals surface area contributed by atoms with Gasteiger partial charge in [-0.25, -0.2) is 14.6 Å². The lowest BCUT2D eigenvalue weighted by atomic mass is 9.95. The van der Waals surface area contributed by atoms with Gasteiger partial charge in [0.1, 0.15) is 17.8 Å². The number of carbonyl (C=O) groups excluding carboxylic acids is 2. The summed E-state index contributed by atoms with van der Waals surface area (Å²) in [6.45, 7) is 3.99. The number of hydrogen-bond acceptors (Lipinski definition) is 5. The molecule has 11 heteroatoms. The van der Waals surface area contributed by atoms with E-state index in [1.54, 1.807) is 6.07 Å². The average Bonchev–Trinajstić information content (AvgIpc) is 3.20.